The van der Waals surface area contributed by atoms with Gasteiger partial charge in [0.05, 0.1) is 6.26 Å². The number of hydrogen-bond acceptors (Lipinski definition) is 4. The maximum atomic E-state index is 5.36. The average molecular weight is 338 g/mol. The lowest BCUT2D eigenvalue weighted by atomic mass is 10.3. The van der Waals surface area contributed by atoms with Crippen molar-refractivity contribution in [3.05, 3.63) is 24.2 Å². The molecule has 138 valence electrons. The molecule has 1 aromatic rings. The monoisotopic (exact) mass is 338 g/mol. The Labute approximate surface area is 146 Å². The van der Waals surface area contributed by atoms with E-state index in [4.69, 9.17) is 9.15 Å². The molecule has 1 rings (SSSR count). The fourth-order valence-corrected chi connectivity index (χ4v) is 2.24. The Bertz CT molecular complexity index is 421. The van der Waals surface area contributed by atoms with Crippen LogP contribution >= 0.6 is 0 Å². The number of furan rings is 1. The summed E-state index contributed by atoms with van der Waals surface area (Å²) in [5, 5.41) is 6.80. The minimum Gasteiger partial charge on any atom is -0.469 e. The van der Waals surface area contributed by atoms with Gasteiger partial charge in [-0.25, -0.2) is 0 Å². The molecule has 0 atom stereocenters. The number of guanidine groups is 1. The number of hydrogen-bond donors (Lipinski definition) is 2. The third kappa shape index (κ3) is 10.3. The average Bonchev–Trinajstić information content (AvgIpc) is 3.08. The second-order valence-electron chi connectivity index (χ2n) is 5.92. The summed E-state index contributed by atoms with van der Waals surface area (Å²) < 4.78 is 10.4. The first kappa shape index (κ1) is 20.5. The van der Waals surface area contributed by atoms with Gasteiger partial charge in [0.1, 0.15) is 5.76 Å². The van der Waals surface area contributed by atoms with Gasteiger partial charge in [0.15, 0.2) is 5.96 Å². The molecule has 0 amide bonds. The zero-order valence-electron chi connectivity index (χ0n) is 15.5. The van der Waals surface area contributed by atoms with E-state index < -0.39 is 0 Å². The van der Waals surface area contributed by atoms with Crippen LogP contribution < -0.4 is 10.6 Å². The van der Waals surface area contributed by atoms with Gasteiger partial charge in [0.25, 0.3) is 0 Å². The summed E-state index contributed by atoms with van der Waals surface area (Å²) >= 11 is 0. The van der Waals surface area contributed by atoms with Gasteiger partial charge in [-0.05, 0) is 32.0 Å². The first-order valence-electron chi connectivity index (χ1n) is 8.98. The zero-order valence-corrected chi connectivity index (χ0v) is 15.5. The number of nitrogens with zero attached hydrogens (tertiary/aromatic N) is 2. The molecule has 0 radical (unpaired) electrons. The van der Waals surface area contributed by atoms with Gasteiger partial charge >= 0.3 is 0 Å². The highest BCUT2D eigenvalue weighted by Crippen LogP contribution is 1.99. The van der Waals surface area contributed by atoms with E-state index in [-0.39, 0.29) is 0 Å². The number of unbranched alkanes of at least 4 members (excludes halogenated alkanes) is 1. The third-order valence-corrected chi connectivity index (χ3v) is 3.70. The summed E-state index contributed by atoms with van der Waals surface area (Å²) in [5.41, 5.74) is 0. The zero-order chi connectivity index (χ0) is 17.5. The highest BCUT2D eigenvalue weighted by Gasteiger charge is 2.02. The van der Waals surface area contributed by atoms with E-state index in [1.807, 2.05) is 12.1 Å². The molecule has 1 heterocycles. The third-order valence-electron chi connectivity index (χ3n) is 3.70. The van der Waals surface area contributed by atoms with Crippen molar-refractivity contribution in [1.82, 2.24) is 15.5 Å². The molecule has 0 aliphatic rings. The molecule has 0 fully saturated rings. The summed E-state index contributed by atoms with van der Waals surface area (Å²) in [7, 11) is 3.88. The second-order valence-corrected chi connectivity index (χ2v) is 5.92. The SMILES string of the molecule is CCCCN=C(NCCc1ccco1)NCCN(C)CCCOC. The Kier molecular flexibility index (Phi) is 11.9. The topological polar surface area (TPSA) is 62.0 Å². The van der Waals surface area contributed by atoms with Crippen LogP contribution in [0.25, 0.3) is 0 Å². The summed E-state index contributed by atoms with van der Waals surface area (Å²) in [6.45, 7) is 7.57. The molecule has 6 heteroatoms. The molecule has 0 bridgehead atoms. The molecule has 0 saturated carbocycles. The van der Waals surface area contributed by atoms with Crippen molar-refractivity contribution in [3.63, 3.8) is 0 Å². The van der Waals surface area contributed by atoms with Crippen LogP contribution in [0.4, 0.5) is 0 Å². The Morgan fingerprint density at radius 2 is 2.08 bits per heavy atom. The molecule has 0 saturated heterocycles. The standard InChI is InChI=1S/C18H34N4O2/c1-4-5-10-19-18(20-11-9-17-8-6-16-24-17)21-12-14-22(2)13-7-15-23-3/h6,8,16H,4-5,7,9-15H2,1-3H3,(H2,19,20,21). The molecule has 0 aromatic carbocycles. The van der Waals surface area contributed by atoms with Crippen molar-refractivity contribution in [2.75, 3.05) is 53.5 Å². The van der Waals surface area contributed by atoms with Gasteiger partial charge in [-0.2, -0.15) is 0 Å². The molecule has 1 aromatic heterocycles. The first-order chi connectivity index (χ1) is 11.8. The maximum absolute atomic E-state index is 5.36. The van der Waals surface area contributed by atoms with Crippen molar-refractivity contribution in [2.24, 2.45) is 4.99 Å². The van der Waals surface area contributed by atoms with Crippen molar-refractivity contribution in [3.8, 4) is 0 Å². The van der Waals surface area contributed by atoms with Gasteiger partial charge in [-0.15, -0.1) is 0 Å². The minimum absolute atomic E-state index is 0.815. The molecule has 0 aliphatic heterocycles. The van der Waals surface area contributed by atoms with Crippen LogP contribution in [0, 0.1) is 0 Å². The lowest BCUT2D eigenvalue weighted by molar-refractivity contribution is 0.180. The lowest BCUT2D eigenvalue weighted by Crippen LogP contribution is -2.42. The molecule has 24 heavy (non-hydrogen) atoms. The smallest absolute Gasteiger partial charge is 0.191 e. The van der Waals surface area contributed by atoms with Crippen molar-refractivity contribution >= 4 is 5.96 Å². The van der Waals surface area contributed by atoms with Crippen molar-refractivity contribution in [2.45, 2.75) is 32.6 Å². The number of methoxy groups -OCH3 is 1. The summed E-state index contributed by atoms with van der Waals surface area (Å²) in [6, 6.07) is 3.92. The second kappa shape index (κ2) is 13.9. The van der Waals surface area contributed by atoms with Crippen LogP contribution in [-0.2, 0) is 11.2 Å². The summed E-state index contributed by atoms with van der Waals surface area (Å²) in [6.07, 6.45) is 5.90. The first-order valence-corrected chi connectivity index (χ1v) is 8.98. The van der Waals surface area contributed by atoms with Crippen LogP contribution in [0.5, 0.6) is 0 Å². The van der Waals surface area contributed by atoms with E-state index in [0.29, 0.717) is 0 Å². The van der Waals surface area contributed by atoms with Crippen LogP contribution in [0.15, 0.2) is 27.8 Å². The van der Waals surface area contributed by atoms with E-state index in [9.17, 15) is 0 Å². The molecule has 6 nitrogen and oxygen atoms in total. The van der Waals surface area contributed by atoms with Gasteiger partial charge in [-0.1, -0.05) is 13.3 Å². The van der Waals surface area contributed by atoms with E-state index in [1.165, 1.54) is 0 Å². The maximum Gasteiger partial charge on any atom is 0.191 e. The number of ether oxygens (including phenoxy) is 1. The molecule has 0 unspecified atom stereocenters. The number of likely N-dealkylation sites (N-methyl/N-ethyl adjacent to an activating group) is 1. The van der Waals surface area contributed by atoms with Crippen LogP contribution in [0.1, 0.15) is 31.9 Å². The lowest BCUT2D eigenvalue weighted by Gasteiger charge is -2.18. The van der Waals surface area contributed by atoms with Crippen LogP contribution in [-0.4, -0.2) is 64.3 Å². The molecule has 0 aliphatic carbocycles. The van der Waals surface area contributed by atoms with Gasteiger partial charge in [-0.3, -0.25) is 4.99 Å². The minimum atomic E-state index is 0.815. The van der Waals surface area contributed by atoms with Crippen molar-refractivity contribution < 1.29 is 9.15 Å². The largest absolute Gasteiger partial charge is 0.469 e. The van der Waals surface area contributed by atoms with E-state index >= 15 is 0 Å². The Hall–Kier alpha value is -1.53. The van der Waals surface area contributed by atoms with Gasteiger partial charge in [0, 0.05) is 52.9 Å². The molecule has 0 spiro atoms. The summed E-state index contributed by atoms with van der Waals surface area (Å²) in [5.74, 6) is 1.88. The van der Waals surface area contributed by atoms with Crippen LogP contribution in [0.2, 0.25) is 0 Å². The summed E-state index contributed by atoms with van der Waals surface area (Å²) in [4.78, 5) is 6.93. The number of nitrogens with one attached hydrogen (secondary N) is 2. The fraction of sp³-hybridized carbons (Fsp3) is 0.722. The normalized spacial score (nSPS) is 11.9. The Morgan fingerprint density at radius 1 is 1.25 bits per heavy atom. The Morgan fingerprint density at radius 3 is 2.79 bits per heavy atom. The fourth-order valence-electron chi connectivity index (χ4n) is 2.24. The van der Waals surface area contributed by atoms with Gasteiger partial charge < -0.3 is 24.7 Å². The highest BCUT2D eigenvalue weighted by molar-refractivity contribution is 5.79. The Balaban J connectivity index is 2.26. The predicted octanol–water partition coefficient (Wildman–Crippen LogP) is 2.13. The molecular weight excluding hydrogens is 304 g/mol. The molecule has 2 N–H and O–H groups in total. The van der Waals surface area contributed by atoms with E-state index in [2.05, 4.69) is 34.5 Å². The highest BCUT2D eigenvalue weighted by atomic mass is 16.5. The number of aliphatic imine (C=N–C) groups is 1. The number of rotatable bonds is 13. The van der Waals surface area contributed by atoms with Crippen molar-refractivity contribution in [1.29, 1.82) is 0 Å². The molecular formula is C18H34N4O2. The van der Waals surface area contributed by atoms with E-state index in [0.717, 1.165) is 76.7 Å². The predicted molar refractivity (Wildman–Crippen MR) is 99.6 cm³/mol. The quantitative estimate of drug-likeness (QED) is 0.328. The van der Waals surface area contributed by atoms with Crippen LogP contribution in [0.3, 0.4) is 0 Å². The van der Waals surface area contributed by atoms with Gasteiger partial charge in [0.2, 0.25) is 0 Å². The van der Waals surface area contributed by atoms with E-state index in [1.54, 1.807) is 13.4 Å².